The topological polar surface area (TPSA) is 22.1 Å². The minimum atomic E-state index is 0.599. The lowest BCUT2D eigenvalue weighted by atomic mass is 10.2. The van der Waals surface area contributed by atoms with Crippen LogP contribution in [0.2, 0.25) is 0 Å². The highest BCUT2D eigenvalue weighted by molar-refractivity contribution is 9.11. The third-order valence-electron chi connectivity index (χ3n) is 2.54. The van der Waals surface area contributed by atoms with E-state index in [2.05, 4.69) is 64.9 Å². The van der Waals surface area contributed by atoms with Gasteiger partial charge in [-0.25, -0.2) is 0 Å². The van der Waals surface area contributed by atoms with E-state index in [1.54, 1.807) is 6.20 Å². The van der Waals surface area contributed by atoms with Gasteiger partial charge >= 0.3 is 0 Å². The van der Waals surface area contributed by atoms with Gasteiger partial charge in [0, 0.05) is 23.6 Å². The second-order valence-electron chi connectivity index (χ2n) is 3.94. The second kappa shape index (κ2) is 7.41. The summed E-state index contributed by atoms with van der Waals surface area (Å²) in [5.74, 6) is 0.834. The first-order valence-electron chi connectivity index (χ1n) is 5.77. The first kappa shape index (κ1) is 15.0. The minimum Gasteiger partial charge on any atom is -0.491 e. The summed E-state index contributed by atoms with van der Waals surface area (Å²) in [5.41, 5.74) is 2.22. The maximum Gasteiger partial charge on any atom is 0.147 e. The van der Waals surface area contributed by atoms with Crippen molar-refractivity contribution in [1.82, 2.24) is 4.98 Å². The van der Waals surface area contributed by atoms with Crippen molar-refractivity contribution in [3.8, 4) is 5.75 Å². The van der Waals surface area contributed by atoms with Crippen LogP contribution in [0.15, 0.2) is 45.5 Å². The van der Waals surface area contributed by atoms with Crippen LogP contribution >= 0.6 is 47.8 Å². The van der Waals surface area contributed by atoms with E-state index in [0.717, 1.165) is 32.1 Å². The third-order valence-corrected chi connectivity index (χ3v) is 4.37. The van der Waals surface area contributed by atoms with Gasteiger partial charge in [-0.15, -0.1) is 0 Å². The average molecular weight is 450 g/mol. The largest absolute Gasteiger partial charge is 0.491 e. The molecule has 2 aromatic rings. The molecule has 5 heteroatoms. The van der Waals surface area contributed by atoms with Gasteiger partial charge in [0.1, 0.15) is 5.75 Å². The van der Waals surface area contributed by atoms with Gasteiger partial charge in [0.25, 0.3) is 0 Å². The molecule has 0 aliphatic heterocycles. The number of halogens is 3. The Morgan fingerprint density at radius 3 is 2.42 bits per heavy atom. The Kier molecular flexibility index (Phi) is 5.85. The molecule has 2 nitrogen and oxygen atoms in total. The van der Waals surface area contributed by atoms with Gasteiger partial charge in [-0.05, 0) is 61.7 Å². The smallest absolute Gasteiger partial charge is 0.147 e. The molecular weight excluding hydrogens is 438 g/mol. The summed E-state index contributed by atoms with van der Waals surface area (Å²) in [6.45, 7) is 0.599. The van der Waals surface area contributed by atoms with Crippen LogP contribution in [0.5, 0.6) is 5.75 Å². The van der Waals surface area contributed by atoms with Gasteiger partial charge in [0.2, 0.25) is 0 Å². The predicted octanol–water partition coefficient (Wildman–Crippen LogP) is 5.12. The molecule has 19 heavy (non-hydrogen) atoms. The summed E-state index contributed by atoms with van der Waals surface area (Å²) >= 11 is 10.5. The lowest BCUT2D eigenvalue weighted by Crippen LogP contribution is -2.03. The number of ether oxygens (including phenoxy) is 1. The first-order valence-corrected chi connectivity index (χ1v) is 8.48. The van der Waals surface area contributed by atoms with E-state index in [4.69, 9.17) is 4.74 Å². The van der Waals surface area contributed by atoms with Crippen LogP contribution in [0.25, 0.3) is 0 Å². The summed E-state index contributed by atoms with van der Waals surface area (Å²) in [6.07, 6.45) is 2.59. The lowest BCUT2D eigenvalue weighted by Gasteiger charge is -2.11. The van der Waals surface area contributed by atoms with Crippen molar-refractivity contribution in [1.29, 1.82) is 0 Å². The summed E-state index contributed by atoms with van der Waals surface area (Å²) < 4.78 is 7.73. The monoisotopic (exact) mass is 447 g/mol. The number of aromatic nitrogens is 1. The van der Waals surface area contributed by atoms with E-state index in [1.807, 2.05) is 18.2 Å². The fourth-order valence-electron chi connectivity index (χ4n) is 1.63. The van der Waals surface area contributed by atoms with Crippen LogP contribution in [-0.2, 0) is 11.8 Å². The molecule has 0 amide bonds. The molecule has 0 atom stereocenters. The molecule has 2 rings (SSSR count). The Morgan fingerprint density at radius 1 is 1.11 bits per heavy atom. The van der Waals surface area contributed by atoms with Crippen molar-refractivity contribution in [3.05, 3.63) is 56.7 Å². The van der Waals surface area contributed by atoms with Crippen molar-refractivity contribution in [3.63, 3.8) is 0 Å². The van der Waals surface area contributed by atoms with Crippen molar-refractivity contribution in [2.75, 3.05) is 6.61 Å². The van der Waals surface area contributed by atoms with Crippen molar-refractivity contribution < 1.29 is 4.74 Å². The van der Waals surface area contributed by atoms with Gasteiger partial charge < -0.3 is 4.74 Å². The third kappa shape index (κ3) is 4.29. The maximum absolute atomic E-state index is 5.82. The zero-order valence-corrected chi connectivity index (χ0v) is 14.8. The van der Waals surface area contributed by atoms with E-state index >= 15 is 0 Å². The maximum atomic E-state index is 5.82. The quantitative estimate of drug-likeness (QED) is 0.591. The molecule has 1 aromatic heterocycles. The summed E-state index contributed by atoms with van der Waals surface area (Å²) in [7, 11) is 0. The van der Waals surface area contributed by atoms with Crippen molar-refractivity contribution in [2.24, 2.45) is 0 Å². The van der Waals surface area contributed by atoms with Gasteiger partial charge in [-0.3, -0.25) is 4.98 Å². The molecule has 0 unspecified atom stereocenters. The number of hydrogen-bond donors (Lipinski definition) is 0. The van der Waals surface area contributed by atoms with E-state index in [0.29, 0.717) is 6.61 Å². The van der Waals surface area contributed by atoms with Gasteiger partial charge in [0.15, 0.2) is 0 Å². The number of nitrogens with zero attached hydrogens (tertiary/aromatic N) is 1. The molecule has 0 saturated carbocycles. The van der Waals surface area contributed by atoms with Crippen LogP contribution in [-0.4, -0.2) is 11.6 Å². The predicted molar refractivity (Wildman–Crippen MR) is 87.9 cm³/mol. The van der Waals surface area contributed by atoms with Crippen LogP contribution < -0.4 is 4.74 Å². The fourth-order valence-corrected chi connectivity index (χ4v) is 3.47. The molecule has 0 fully saturated rings. The Balaban J connectivity index is 2.00. The molecule has 0 spiro atoms. The van der Waals surface area contributed by atoms with E-state index in [1.165, 1.54) is 5.56 Å². The van der Waals surface area contributed by atoms with Crippen LogP contribution in [0.4, 0.5) is 0 Å². The van der Waals surface area contributed by atoms with E-state index in [9.17, 15) is 0 Å². The molecular formula is C14H12Br3NO. The summed E-state index contributed by atoms with van der Waals surface area (Å²) in [5, 5.41) is 0.818. The number of alkyl halides is 1. The molecule has 0 saturated heterocycles. The molecule has 0 aliphatic carbocycles. The summed E-state index contributed by atoms with van der Waals surface area (Å²) in [6, 6.07) is 10.0. The molecule has 0 bridgehead atoms. The van der Waals surface area contributed by atoms with Gasteiger partial charge in [-0.2, -0.15) is 0 Å². The van der Waals surface area contributed by atoms with Crippen LogP contribution in [0.1, 0.15) is 11.3 Å². The van der Waals surface area contributed by atoms with Crippen LogP contribution in [0, 0.1) is 0 Å². The fraction of sp³-hybridized carbons (Fsp3) is 0.214. The normalized spacial score (nSPS) is 10.5. The van der Waals surface area contributed by atoms with E-state index in [-0.39, 0.29) is 0 Å². The highest BCUT2D eigenvalue weighted by Crippen LogP contribution is 2.35. The number of pyridine rings is 1. The Labute approximate surface area is 138 Å². The van der Waals surface area contributed by atoms with Gasteiger partial charge in [0.05, 0.1) is 15.6 Å². The SMILES string of the molecule is BrCc1cc(Br)c(OCCc2ccccn2)c(Br)c1. The molecule has 100 valence electrons. The second-order valence-corrected chi connectivity index (χ2v) is 6.21. The highest BCUT2D eigenvalue weighted by Gasteiger charge is 2.08. The highest BCUT2D eigenvalue weighted by atomic mass is 79.9. The van der Waals surface area contributed by atoms with Crippen LogP contribution in [0.3, 0.4) is 0 Å². The van der Waals surface area contributed by atoms with Crippen molar-refractivity contribution in [2.45, 2.75) is 11.8 Å². The zero-order chi connectivity index (χ0) is 13.7. The number of hydrogen-bond acceptors (Lipinski definition) is 2. The Morgan fingerprint density at radius 2 is 1.84 bits per heavy atom. The lowest BCUT2D eigenvalue weighted by molar-refractivity contribution is 0.316. The number of benzene rings is 1. The molecule has 0 radical (unpaired) electrons. The standard InChI is InChI=1S/C14H12Br3NO/c15-9-10-7-12(16)14(13(17)8-10)19-6-4-11-3-1-2-5-18-11/h1-3,5,7-8H,4,6,9H2. The number of rotatable bonds is 5. The summed E-state index contributed by atoms with van der Waals surface area (Å²) in [4.78, 5) is 4.27. The Hall–Kier alpha value is -0.390. The molecule has 0 aliphatic rings. The molecule has 1 heterocycles. The molecule has 1 aromatic carbocycles. The first-order chi connectivity index (χ1) is 9.20. The van der Waals surface area contributed by atoms with E-state index < -0.39 is 0 Å². The van der Waals surface area contributed by atoms with Crippen molar-refractivity contribution >= 4 is 47.8 Å². The minimum absolute atomic E-state index is 0.599. The van der Waals surface area contributed by atoms with Gasteiger partial charge in [-0.1, -0.05) is 22.0 Å². The molecule has 0 N–H and O–H groups in total. The average Bonchev–Trinajstić information content (AvgIpc) is 2.42. The zero-order valence-electron chi connectivity index (χ0n) is 10.1. The Bertz CT molecular complexity index is 523.